The van der Waals surface area contributed by atoms with Crippen LogP contribution in [0.15, 0.2) is 42.7 Å². The molecular formula is C22H26F3N5O. The molecule has 0 radical (unpaired) electrons. The smallest absolute Gasteiger partial charge is 0.367 e. The number of nitrogens with one attached hydrogen (secondary N) is 1. The van der Waals surface area contributed by atoms with Crippen molar-refractivity contribution in [1.82, 2.24) is 14.8 Å². The third kappa shape index (κ3) is 4.76. The van der Waals surface area contributed by atoms with Crippen molar-refractivity contribution in [3.63, 3.8) is 0 Å². The summed E-state index contributed by atoms with van der Waals surface area (Å²) in [4.78, 5) is 23.1. The number of alkyl halides is 3. The lowest BCUT2D eigenvalue weighted by Gasteiger charge is -2.35. The summed E-state index contributed by atoms with van der Waals surface area (Å²) in [5, 5.41) is 2.79. The minimum atomic E-state index is -4.48. The maximum absolute atomic E-state index is 13.4. The second-order valence-corrected chi connectivity index (χ2v) is 8.08. The predicted molar refractivity (Wildman–Crippen MR) is 113 cm³/mol. The van der Waals surface area contributed by atoms with E-state index in [1.807, 2.05) is 24.1 Å². The molecule has 0 bridgehead atoms. The first-order chi connectivity index (χ1) is 14.8. The van der Waals surface area contributed by atoms with E-state index in [1.165, 1.54) is 6.07 Å². The summed E-state index contributed by atoms with van der Waals surface area (Å²) in [6, 6.07) is 6.84. The van der Waals surface area contributed by atoms with Crippen molar-refractivity contribution in [1.29, 1.82) is 0 Å². The Hall–Kier alpha value is -2.81. The number of likely N-dealkylation sites (N-methyl/N-ethyl adjacent to an activating group) is 1. The summed E-state index contributed by atoms with van der Waals surface area (Å²) >= 11 is 0. The zero-order valence-electron chi connectivity index (χ0n) is 17.4. The summed E-state index contributed by atoms with van der Waals surface area (Å²) in [7, 11) is 2.01. The fourth-order valence-corrected chi connectivity index (χ4v) is 4.26. The average molecular weight is 433 g/mol. The van der Waals surface area contributed by atoms with Crippen LogP contribution < -0.4 is 10.2 Å². The van der Waals surface area contributed by atoms with Crippen LogP contribution in [0.4, 0.5) is 29.3 Å². The maximum Gasteiger partial charge on any atom is 0.416 e. The highest BCUT2D eigenvalue weighted by Gasteiger charge is 2.34. The van der Waals surface area contributed by atoms with E-state index in [1.54, 1.807) is 17.3 Å². The second-order valence-electron chi connectivity index (χ2n) is 8.08. The van der Waals surface area contributed by atoms with E-state index < -0.39 is 11.7 Å². The fraction of sp³-hybridized carbons (Fsp3) is 0.455. The molecule has 1 atom stereocenters. The number of halogens is 3. The van der Waals surface area contributed by atoms with Crippen LogP contribution in [0.25, 0.3) is 0 Å². The van der Waals surface area contributed by atoms with Crippen LogP contribution in [0.5, 0.6) is 0 Å². The van der Waals surface area contributed by atoms with Crippen LogP contribution in [-0.2, 0) is 6.18 Å². The van der Waals surface area contributed by atoms with Gasteiger partial charge in [-0.05, 0) is 55.8 Å². The highest BCUT2D eigenvalue weighted by Crippen LogP contribution is 2.37. The SMILES string of the molecule is CN1CCN(c2ccc(C(F)(F)F)cc2NC(=O)N2CCCC2c2ccncc2)CC1. The van der Waals surface area contributed by atoms with Gasteiger partial charge in [-0.15, -0.1) is 0 Å². The summed E-state index contributed by atoms with van der Waals surface area (Å²) in [6.45, 7) is 3.55. The number of carbonyl (C=O) groups is 1. The molecule has 1 N–H and O–H groups in total. The number of carbonyl (C=O) groups excluding carboxylic acids is 1. The van der Waals surface area contributed by atoms with E-state index >= 15 is 0 Å². The number of urea groups is 1. The normalized spacial score (nSPS) is 20.2. The zero-order chi connectivity index (χ0) is 22.0. The van der Waals surface area contributed by atoms with Crippen LogP contribution in [-0.4, -0.2) is 60.6 Å². The van der Waals surface area contributed by atoms with Crippen LogP contribution in [0.2, 0.25) is 0 Å². The van der Waals surface area contributed by atoms with E-state index in [9.17, 15) is 18.0 Å². The Kier molecular flexibility index (Phi) is 6.04. The fourth-order valence-electron chi connectivity index (χ4n) is 4.26. The number of hydrogen-bond donors (Lipinski definition) is 1. The summed E-state index contributed by atoms with van der Waals surface area (Å²) in [5.74, 6) is 0. The van der Waals surface area contributed by atoms with Crippen LogP contribution in [0, 0.1) is 0 Å². The maximum atomic E-state index is 13.4. The van der Waals surface area contributed by atoms with Crippen molar-refractivity contribution in [3.8, 4) is 0 Å². The minimum Gasteiger partial charge on any atom is -0.367 e. The third-order valence-corrected chi connectivity index (χ3v) is 6.01. The number of benzene rings is 1. The Bertz CT molecular complexity index is 913. The lowest BCUT2D eigenvalue weighted by atomic mass is 10.1. The van der Waals surface area contributed by atoms with Gasteiger partial charge in [0.05, 0.1) is 23.0 Å². The van der Waals surface area contributed by atoms with Gasteiger partial charge in [-0.2, -0.15) is 13.2 Å². The van der Waals surface area contributed by atoms with Gasteiger partial charge in [-0.3, -0.25) is 4.98 Å². The number of hydrogen-bond acceptors (Lipinski definition) is 4. The molecule has 31 heavy (non-hydrogen) atoms. The summed E-state index contributed by atoms with van der Waals surface area (Å²) in [5.41, 5.74) is 1.03. The summed E-state index contributed by atoms with van der Waals surface area (Å²) in [6.07, 6.45) is 0.539. The molecule has 0 spiro atoms. The number of amides is 2. The molecule has 1 aromatic heterocycles. The van der Waals surface area contributed by atoms with Gasteiger partial charge >= 0.3 is 12.2 Å². The van der Waals surface area contributed by atoms with Crippen molar-refractivity contribution < 1.29 is 18.0 Å². The predicted octanol–water partition coefficient (Wildman–Crippen LogP) is 4.22. The van der Waals surface area contributed by atoms with Crippen molar-refractivity contribution in [3.05, 3.63) is 53.9 Å². The highest BCUT2D eigenvalue weighted by atomic mass is 19.4. The second kappa shape index (κ2) is 8.74. The van der Waals surface area contributed by atoms with E-state index in [2.05, 4.69) is 15.2 Å². The Balaban J connectivity index is 1.60. The van der Waals surface area contributed by atoms with Crippen LogP contribution >= 0.6 is 0 Å². The number of rotatable bonds is 3. The van der Waals surface area contributed by atoms with E-state index in [0.717, 1.165) is 43.6 Å². The Morgan fingerprint density at radius 1 is 1.06 bits per heavy atom. The first-order valence-electron chi connectivity index (χ1n) is 10.5. The topological polar surface area (TPSA) is 51.7 Å². The van der Waals surface area contributed by atoms with E-state index in [0.29, 0.717) is 25.3 Å². The van der Waals surface area contributed by atoms with Crippen molar-refractivity contribution in [2.75, 3.05) is 50.0 Å². The van der Waals surface area contributed by atoms with E-state index in [4.69, 9.17) is 0 Å². The average Bonchev–Trinajstić information content (AvgIpc) is 3.25. The van der Waals surface area contributed by atoms with Crippen LogP contribution in [0.1, 0.15) is 30.0 Å². The van der Waals surface area contributed by atoms with Crippen molar-refractivity contribution in [2.24, 2.45) is 0 Å². The minimum absolute atomic E-state index is 0.110. The van der Waals surface area contributed by atoms with Gasteiger partial charge in [0.15, 0.2) is 0 Å². The molecule has 9 heteroatoms. The standard InChI is InChI=1S/C22H26F3N5O/c1-28-11-13-29(14-12-28)20-5-4-17(22(23,24)25)15-18(20)27-21(31)30-10-2-3-19(30)16-6-8-26-9-7-16/h4-9,15,19H,2-3,10-14H2,1H3,(H,27,31). The number of anilines is 2. The summed E-state index contributed by atoms with van der Waals surface area (Å²) < 4.78 is 40.1. The molecule has 2 fully saturated rings. The van der Waals surface area contributed by atoms with Gasteiger partial charge in [0, 0.05) is 45.1 Å². The molecule has 0 aliphatic carbocycles. The lowest BCUT2D eigenvalue weighted by molar-refractivity contribution is -0.137. The van der Waals surface area contributed by atoms with Gasteiger partial charge in [0.25, 0.3) is 0 Å². The quantitative estimate of drug-likeness (QED) is 0.788. The molecule has 2 aromatic rings. The van der Waals surface area contributed by atoms with Crippen LogP contribution in [0.3, 0.4) is 0 Å². The third-order valence-electron chi connectivity index (χ3n) is 6.01. The number of pyridine rings is 1. The molecule has 6 nitrogen and oxygen atoms in total. The lowest BCUT2D eigenvalue weighted by Crippen LogP contribution is -2.45. The van der Waals surface area contributed by atoms with Gasteiger partial charge in [-0.1, -0.05) is 0 Å². The first kappa shape index (κ1) is 21.4. The molecular weight excluding hydrogens is 407 g/mol. The van der Waals surface area contributed by atoms with Gasteiger partial charge in [0.2, 0.25) is 0 Å². The molecule has 0 saturated carbocycles. The van der Waals surface area contributed by atoms with E-state index in [-0.39, 0.29) is 17.8 Å². The molecule has 1 aromatic carbocycles. The molecule has 2 amide bonds. The number of likely N-dealkylation sites (tertiary alicyclic amines) is 1. The zero-order valence-corrected chi connectivity index (χ0v) is 17.4. The highest BCUT2D eigenvalue weighted by molar-refractivity contribution is 5.94. The molecule has 3 heterocycles. The Morgan fingerprint density at radius 3 is 2.45 bits per heavy atom. The number of aromatic nitrogens is 1. The Labute approximate surface area is 179 Å². The molecule has 1 unspecified atom stereocenters. The number of nitrogens with zero attached hydrogens (tertiary/aromatic N) is 4. The monoisotopic (exact) mass is 433 g/mol. The molecule has 2 aliphatic heterocycles. The van der Waals surface area contributed by atoms with Gasteiger partial charge in [-0.25, -0.2) is 4.79 Å². The largest absolute Gasteiger partial charge is 0.416 e. The molecule has 2 saturated heterocycles. The number of piperazine rings is 1. The van der Waals surface area contributed by atoms with Gasteiger partial charge in [0.1, 0.15) is 0 Å². The van der Waals surface area contributed by atoms with Gasteiger partial charge < -0.3 is 20.0 Å². The Morgan fingerprint density at radius 2 is 1.77 bits per heavy atom. The first-order valence-corrected chi connectivity index (χ1v) is 10.5. The molecule has 166 valence electrons. The van der Waals surface area contributed by atoms with Crippen molar-refractivity contribution in [2.45, 2.75) is 25.1 Å². The molecule has 2 aliphatic rings. The molecule has 4 rings (SSSR count). The van der Waals surface area contributed by atoms with Crippen molar-refractivity contribution >= 4 is 17.4 Å².